The van der Waals surface area contributed by atoms with Gasteiger partial charge in [0, 0.05) is 39.1 Å². The zero-order valence-electron chi connectivity index (χ0n) is 27.9. The van der Waals surface area contributed by atoms with Gasteiger partial charge >= 0.3 is 0 Å². The van der Waals surface area contributed by atoms with Gasteiger partial charge < -0.3 is 4.74 Å². The first-order chi connectivity index (χ1) is 21.7. The smallest absolute Gasteiger partial charge is 0.261 e. The topological polar surface area (TPSA) is 84.0 Å². The van der Waals surface area contributed by atoms with Crippen LogP contribution in [0.25, 0.3) is 43.1 Å². The summed E-state index contributed by atoms with van der Waals surface area (Å²) in [7, 11) is 0. The van der Waals surface area contributed by atoms with Gasteiger partial charge in [-0.2, -0.15) is 0 Å². The van der Waals surface area contributed by atoms with E-state index in [1.165, 1.54) is 9.80 Å². The maximum absolute atomic E-state index is 14.2. The van der Waals surface area contributed by atoms with Gasteiger partial charge in [0.1, 0.15) is 0 Å². The summed E-state index contributed by atoms with van der Waals surface area (Å²) in [5.41, 5.74) is 1.22. The van der Waals surface area contributed by atoms with Crippen molar-refractivity contribution in [2.24, 2.45) is 11.8 Å². The number of imide groups is 2. The Labute approximate surface area is 268 Å². The highest BCUT2D eigenvalue weighted by Crippen LogP contribution is 2.47. The summed E-state index contributed by atoms with van der Waals surface area (Å²) in [5, 5.41) is 6.52. The van der Waals surface area contributed by atoms with E-state index in [0.29, 0.717) is 33.0 Å². The number of benzene rings is 5. The van der Waals surface area contributed by atoms with E-state index in [1.54, 1.807) is 0 Å². The number of nitrogens with zero attached hydrogens (tertiary/aromatic N) is 2. The molecule has 5 aromatic carbocycles. The van der Waals surface area contributed by atoms with Crippen molar-refractivity contribution in [3.05, 3.63) is 70.8 Å². The summed E-state index contributed by atoms with van der Waals surface area (Å²) < 4.78 is 6.39. The van der Waals surface area contributed by atoms with Gasteiger partial charge in [-0.05, 0) is 103 Å². The molecule has 0 radical (unpaired) electrons. The molecule has 46 heavy (non-hydrogen) atoms. The van der Waals surface area contributed by atoms with E-state index in [2.05, 4.69) is 13.8 Å². The standard InChI is InChI=1S/C39H40N2O5/c1-18(2)20(5)40-35(42)27-14-10-23-25-12-16-29-34-30(38(45)41(37(29)44)22(7)39(8,9)46-21(6)19(3)4)17-13-26(32(25)34)24-11-15-28(36(40)43)33(27)31(23)24/h10-22H,1-9H3. The molecule has 2 heterocycles. The van der Waals surface area contributed by atoms with Gasteiger partial charge in [0.25, 0.3) is 23.6 Å². The van der Waals surface area contributed by atoms with Crippen LogP contribution in [0.2, 0.25) is 0 Å². The van der Waals surface area contributed by atoms with Crippen LogP contribution in [0.15, 0.2) is 48.5 Å². The number of amides is 4. The summed E-state index contributed by atoms with van der Waals surface area (Å²) >= 11 is 0. The predicted octanol–water partition coefficient (Wildman–Crippen LogP) is 8.20. The lowest BCUT2D eigenvalue weighted by molar-refractivity contribution is -0.110. The van der Waals surface area contributed by atoms with E-state index in [1.807, 2.05) is 97.0 Å². The van der Waals surface area contributed by atoms with Gasteiger partial charge in [-0.25, -0.2) is 0 Å². The minimum atomic E-state index is -0.774. The van der Waals surface area contributed by atoms with E-state index in [4.69, 9.17) is 4.74 Å². The van der Waals surface area contributed by atoms with Gasteiger partial charge in [0.15, 0.2) is 0 Å². The SMILES string of the molecule is CC(C)C(C)OC(C)(C)C(C)N1C(=O)c2ccc3c4ccc5c6c(ccc(c7ccc(c2c37)C1=O)c64)C(=O)N(C(C)C(C)C)C5=O. The molecule has 0 fully saturated rings. The fourth-order valence-electron chi connectivity index (χ4n) is 7.35. The highest BCUT2D eigenvalue weighted by Gasteiger charge is 2.44. The highest BCUT2D eigenvalue weighted by atomic mass is 16.5. The number of hydrogen-bond acceptors (Lipinski definition) is 5. The molecule has 0 aromatic heterocycles. The van der Waals surface area contributed by atoms with E-state index >= 15 is 0 Å². The molecule has 7 nitrogen and oxygen atoms in total. The van der Waals surface area contributed by atoms with Crippen molar-refractivity contribution in [3.8, 4) is 0 Å². The first-order valence-corrected chi connectivity index (χ1v) is 16.3. The molecule has 7 heteroatoms. The summed E-state index contributed by atoms with van der Waals surface area (Å²) in [6.07, 6.45) is -0.0532. The molecule has 0 bridgehead atoms. The minimum Gasteiger partial charge on any atom is -0.370 e. The zero-order chi connectivity index (χ0) is 33.1. The van der Waals surface area contributed by atoms with Crippen LogP contribution < -0.4 is 0 Å². The molecule has 2 aliphatic heterocycles. The van der Waals surface area contributed by atoms with Gasteiger partial charge in [0.05, 0.1) is 17.7 Å². The van der Waals surface area contributed by atoms with Crippen molar-refractivity contribution >= 4 is 66.7 Å². The average Bonchev–Trinajstić information content (AvgIpc) is 3.01. The molecular formula is C39H40N2O5. The molecule has 7 rings (SSSR count). The van der Waals surface area contributed by atoms with E-state index in [-0.39, 0.29) is 47.6 Å². The predicted molar refractivity (Wildman–Crippen MR) is 182 cm³/mol. The highest BCUT2D eigenvalue weighted by molar-refractivity contribution is 6.41. The van der Waals surface area contributed by atoms with Crippen LogP contribution >= 0.6 is 0 Å². The van der Waals surface area contributed by atoms with Gasteiger partial charge in [0.2, 0.25) is 0 Å². The molecule has 3 unspecified atom stereocenters. The Morgan fingerprint density at radius 2 is 0.848 bits per heavy atom. The Bertz CT molecular complexity index is 2040. The third kappa shape index (κ3) is 3.93. The second-order valence-corrected chi connectivity index (χ2v) is 14.4. The van der Waals surface area contributed by atoms with Gasteiger partial charge in [-0.3, -0.25) is 29.0 Å². The first kappa shape index (κ1) is 30.3. The van der Waals surface area contributed by atoms with Gasteiger partial charge in [-0.15, -0.1) is 0 Å². The Morgan fingerprint density at radius 3 is 1.17 bits per heavy atom. The number of carbonyl (C=O) groups excluding carboxylic acids is 4. The lowest BCUT2D eigenvalue weighted by Gasteiger charge is -2.42. The van der Waals surface area contributed by atoms with Crippen molar-refractivity contribution in [1.82, 2.24) is 9.80 Å². The molecule has 4 amide bonds. The van der Waals surface area contributed by atoms with E-state index in [9.17, 15) is 19.2 Å². The number of fused-ring (bicyclic) bond motifs is 2. The van der Waals surface area contributed by atoms with Crippen LogP contribution in [-0.4, -0.2) is 57.2 Å². The van der Waals surface area contributed by atoms with Crippen molar-refractivity contribution in [3.63, 3.8) is 0 Å². The monoisotopic (exact) mass is 616 g/mol. The lowest BCUT2D eigenvalue weighted by atomic mass is 9.81. The molecule has 0 spiro atoms. The fourth-order valence-corrected chi connectivity index (χ4v) is 7.35. The molecule has 5 aromatic rings. The summed E-state index contributed by atoms with van der Waals surface area (Å²) in [6, 6.07) is 14.3. The molecule has 236 valence electrons. The number of carbonyl (C=O) groups is 4. The lowest BCUT2D eigenvalue weighted by Crippen LogP contribution is -2.56. The zero-order valence-corrected chi connectivity index (χ0v) is 27.9. The number of ether oxygens (including phenoxy) is 1. The summed E-state index contributed by atoms with van der Waals surface area (Å²) in [6.45, 7) is 17.8. The van der Waals surface area contributed by atoms with Crippen LogP contribution in [0.4, 0.5) is 0 Å². The number of hydrogen-bond donors (Lipinski definition) is 0. The molecule has 0 N–H and O–H groups in total. The number of rotatable bonds is 7. The van der Waals surface area contributed by atoms with Crippen LogP contribution in [-0.2, 0) is 4.74 Å². The van der Waals surface area contributed by atoms with Crippen molar-refractivity contribution < 1.29 is 23.9 Å². The summed E-state index contributed by atoms with van der Waals surface area (Å²) in [4.78, 5) is 58.7. The van der Waals surface area contributed by atoms with E-state index in [0.717, 1.165) is 32.3 Å². The van der Waals surface area contributed by atoms with Crippen molar-refractivity contribution in [2.75, 3.05) is 0 Å². The Balaban J connectivity index is 1.43. The molecular weight excluding hydrogens is 576 g/mol. The Morgan fingerprint density at radius 1 is 0.500 bits per heavy atom. The Kier molecular flexibility index (Phi) is 6.63. The van der Waals surface area contributed by atoms with Crippen LogP contribution in [0.1, 0.15) is 104 Å². The minimum absolute atomic E-state index is 0.0532. The quantitative estimate of drug-likeness (QED) is 0.105. The molecule has 0 saturated carbocycles. The summed E-state index contributed by atoms with van der Waals surface area (Å²) in [5.74, 6) is -0.843. The molecule has 3 atom stereocenters. The second-order valence-electron chi connectivity index (χ2n) is 14.4. The molecule has 0 aliphatic carbocycles. The maximum atomic E-state index is 14.2. The van der Waals surface area contributed by atoms with Crippen LogP contribution in [0.3, 0.4) is 0 Å². The maximum Gasteiger partial charge on any atom is 0.261 e. The third-order valence-corrected chi connectivity index (χ3v) is 10.9. The van der Waals surface area contributed by atoms with Crippen molar-refractivity contribution in [1.29, 1.82) is 0 Å². The van der Waals surface area contributed by atoms with Crippen LogP contribution in [0.5, 0.6) is 0 Å². The van der Waals surface area contributed by atoms with Crippen LogP contribution in [0, 0.1) is 11.8 Å². The largest absolute Gasteiger partial charge is 0.370 e. The molecule has 2 aliphatic rings. The van der Waals surface area contributed by atoms with Gasteiger partial charge in [-0.1, -0.05) is 52.0 Å². The van der Waals surface area contributed by atoms with Crippen molar-refractivity contribution in [2.45, 2.75) is 86.1 Å². The average molecular weight is 617 g/mol. The normalized spacial score (nSPS) is 17.5. The third-order valence-electron chi connectivity index (χ3n) is 10.9. The second kappa shape index (κ2) is 10.1. The Hall–Kier alpha value is -4.36. The first-order valence-electron chi connectivity index (χ1n) is 16.3. The van der Waals surface area contributed by atoms with E-state index < -0.39 is 11.6 Å². The fraction of sp³-hybridized carbons (Fsp3) is 0.385. The molecule has 0 saturated heterocycles.